The van der Waals surface area contributed by atoms with Gasteiger partial charge < -0.3 is 24.7 Å². The summed E-state index contributed by atoms with van der Waals surface area (Å²) in [5.74, 6) is -0.226. The number of para-hydroxylation sites is 1. The number of likely N-dealkylation sites (tertiary alicyclic amines) is 1. The lowest BCUT2D eigenvalue weighted by Gasteiger charge is -2.40. The van der Waals surface area contributed by atoms with Gasteiger partial charge in [-0.3, -0.25) is 19.8 Å². The van der Waals surface area contributed by atoms with Gasteiger partial charge in [-0.1, -0.05) is 74.8 Å². The fourth-order valence-corrected chi connectivity index (χ4v) is 11.2. The van der Waals surface area contributed by atoms with Crippen molar-refractivity contribution in [2.75, 3.05) is 57.8 Å². The Morgan fingerprint density at radius 2 is 1.62 bits per heavy atom. The number of carbonyl (C=O) groups excluding carboxylic acids is 1. The van der Waals surface area contributed by atoms with Gasteiger partial charge in [0.15, 0.2) is 0 Å². The van der Waals surface area contributed by atoms with Crippen molar-refractivity contribution in [3.8, 4) is 22.6 Å². The number of halogens is 1. The molecule has 4 heterocycles. The monoisotopic (exact) mass is 959 g/mol. The molecule has 0 atom stereocenters. The van der Waals surface area contributed by atoms with E-state index in [0.29, 0.717) is 36.4 Å². The predicted molar refractivity (Wildman–Crippen MR) is 266 cm³/mol. The van der Waals surface area contributed by atoms with Crippen molar-refractivity contribution in [3.05, 3.63) is 147 Å². The number of sulfonamides is 1. The number of ether oxygens (including phenoxy) is 2. The number of H-pyrrole nitrogens is 1. The molecule has 1 amide bonds. The van der Waals surface area contributed by atoms with Gasteiger partial charge in [-0.25, -0.2) is 5.01 Å². The van der Waals surface area contributed by atoms with E-state index < -0.39 is 20.9 Å². The number of carbonyl (C=O) groups is 1. The summed E-state index contributed by atoms with van der Waals surface area (Å²) in [6.45, 7) is 11.5. The second-order valence-corrected chi connectivity index (χ2v) is 21.2. The van der Waals surface area contributed by atoms with Crippen LogP contribution in [0.1, 0.15) is 67.9 Å². The van der Waals surface area contributed by atoms with Crippen LogP contribution in [-0.4, -0.2) is 108 Å². The van der Waals surface area contributed by atoms with E-state index in [0.717, 1.165) is 90.1 Å². The normalized spacial score (nSPS) is 17.3. The van der Waals surface area contributed by atoms with Crippen LogP contribution in [0.3, 0.4) is 0 Å². The Hall–Kier alpha value is -5.81. The first-order valence-electron chi connectivity index (χ1n) is 23.4. The third-order valence-electron chi connectivity index (χ3n) is 13.5. The number of anilines is 1. The van der Waals surface area contributed by atoms with Crippen molar-refractivity contribution >= 4 is 49.8 Å². The van der Waals surface area contributed by atoms with Crippen molar-refractivity contribution in [2.45, 2.75) is 75.4 Å². The number of fused-ring (bicyclic) bond motifs is 1. The zero-order valence-corrected chi connectivity index (χ0v) is 40.3. The molecule has 3 saturated heterocycles. The molecule has 3 fully saturated rings. The number of nitrogens with one attached hydrogen (secondary N) is 2. The van der Waals surface area contributed by atoms with Gasteiger partial charge in [-0.2, -0.15) is 12.8 Å². The van der Waals surface area contributed by atoms with E-state index in [1.807, 2.05) is 48.7 Å². The van der Waals surface area contributed by atoms with E-state index >= 15 is 13.2 Å². The fraction of sp³-hybridized carbons (Fsp3) is 0.365. The molecule has 0 radical (unpaired) electrons. The molecule has 0 saturated carbocycles. The number of nitrogens with zero attached hydrogens (tertiary/aromatic N) is 5. The van der Waals surface area contributed by atoms with E-state index in [2.05, 4.69) is 59.1 Å². The Morgan fingerprint density at radius 3 is 2.34 bits per heavy atom. The molecule has 1 aromatic heterocycles. The number of hydrogen-bond donors (Lipinski definition) is 2. The minimum Gasteiger partial charge on any atom is -0.457 e. The third-order valence-corrected chi connectivity index (χ3v) is 15.4. The van der Waals surface area contributed by atoms with Crippen LogP contribution >= 0.6 is 11.6 Å². The highest BCUT2D eigenvalue weighted by Crippen LogP contribution is 2.36. The smallest absolute Gasteiger partial charge is 0.293 e. The van der Waals surface area contributed by atoms with Crippen LogP contribution in [0, 0.1) is 10.1 Å². The van der Waals surface area contributed by atoms with Gasteiger partial charge >= 0.3 is 0 Å². The highest BCUT2D eigenvalue weighted by molar-refractivity contribution is 7.89. The summed E-state index contributed by atoms with van der Waals surface area (Å²) in [7, 11) is -4.75. The molecule has 2 N–H and O–H groups in total. The summed E-state index contributed by atoms with van der Waals surface area (Å²) in [6.07, 6.45) is 5.38. The molecule has 0 bridgehead atoms. The SMILES string of the molecule is CC(C)(C)c1ccc(CN2CCN(N(C(=O)c3ccccc3Oc3ccc4[nH]ccc4c3)S(=O)(=O)c3ccc(NC4CCN(C5CCOCC5)CC4)c([N+](=O)[O-])c3)CC2)c(-c2ccc(Cl)cc2)c1. The van der Waals surface area contributed by atoms with Crippen molar-refractivity contribution in [3.63, 3.8) is 0 Å². The molecule has 16 heteroatoms. The third kappa shape index (κ3) is 10.4. The van der Waals surface area contributed by atoms with Crippen molar-refractivity contribution in [2.24, 2.45) is 0 Å². The predicted octanol–water partition coefficient (Wildman–Crippen LogP) is 10.1. The minimum absolute atomic E-state index is 0.0131. The first kappa shape index (κ1) is 47.3. The largest absolute Gasteiger partial charge is 0.457 e. The van der Waals surface area contributed by atoms with E-state index in [4.69, 9.17) is 21.1 Å². The zero-order chi connectivity index (χ0) is 47.6. The maximum atomic E-state index is 15.1. The molecule has 0 spiro atoms. The van der Waals surface area contributed by atoms with Gasteiger partial charge in [-0.05, 0) is 114 Å². The molecule has 9 rings (SSSR count). The number of amides is 1. The number of hydrazine groups is 1. The Bertz CT molecular complexity index is 2880. The molecule has 0 aliphatic carbocycles. The number of aromatic nitrogens is 1. The standard InChI is InChI=1S/C52H58ClN7O7S/c1-52(2,3)39-11-8-38(46(33-39)36-9-12-40(53)13-10-36)35-56-26-28-58(29-27-56)59(51(61)45-6-4-5-7-50(45)67-43-14-16-47-37(32-43)18-23-54-47)68(64,65)44-15-17-48(49(34-44)60(62)63)55-41-19-24-57(25-20-41)42-21-30-66-31-22-42/h4-18,23,32-34,41-42,54-55H,19-22,24-31,35H2,1-3H3. The second kappa shape index (κ2) is 20.0. The van der Waals surface area contributed by atoms with Gasteiger partial charge in [0.2, 0.25) is 0 Å². The highest BCUT2D eigenvalue weighted by atomic mass is 35.5. The molecule has 3 aliphatic rings. The Labute approximate surface area is 402 Å². The molecule has 68 heavy (non-hydrogen) atoms. The number of rotatable bonds is 13. The summed E-state index contributed by atoms with van der Waals surface area (Å²) in [6, 6.07) is 32.6. The zero-order valence-electron chi connectivity index (χ0n) is 38.7. The molecule has 0 unspecified atom stereocenters. The van der Waals surface area contributed by atoms with Crippen LogP contribution in [0.4, 0.5) is 11.4 Å². The maximum Gasteiger partial charge on any atom is 0.293 e. The topological polar surface area (TPSA) is 154 Å². The second-order valence-electron chi connectivity index (χ2n) is 19.0. The van der Waals surface area contributed by atoms with Crippen molar-refractivity contribution in [1.82, 2.24) is 24.2 Å². The molecule has 14 nitrogen and oxygen atoms in total. The van der Waals surface area contributed by atoms with Gasteiger partial charge in [0.1, 0.15) is 17.2 Å². The number of nitro benzene ring substituents is 1. The van der Waals surface area contributed by atoms with Crippen LogP contribution < -0.4 is 10.1 Å². The number of nitro groups is 1. The lowest BCUT2D eigenvalue weighted by Crippen LogP contribution is -2.57. The van der Waals surface area contributed by atoms with Crippen LogP contribution in [0.25, 0.3) is 22.0 Å². The van der Waals surface area contributed by atoms with Crippen LogP contribution in [0.2, 0.25) is 5.02 Å². The fourth-order valence-electron chi connectivity index (χ4n) is 9.57. The Kier molecular flexibility index (Phi) is 13.9. The average Bonchev–Trinajstić information content (AvgIpc) is 3.81. The summed E-state index contributed by atoms with van der Waals surface area (Å²) in [5.41, 5.74) is 5.12. The number of benzene rings is 5. The van der Waals surface area contributed by atoms with Crippen LogP contribution in [-0.2, 0) is 26.7 Å². The van der Waals surface area contributed by atoms with Gasteiger partial charge in [0, 0.05) is 99.3 Å². The quantitative estimate of drug-likeness (QED) is 0.0840. The average molecular weight is 961 g/mol. The first-order chi connectivity index (χ1) is 32.7. The Morgan fingerprint density at radius 1 is 0.882 bits per heavy atom. The van der Waals surface area contributed by atoms with Gasteiger partial charge in [0.25, 0.3) is 21.6 Å². The van der Waals surface area contributed by atoms with Gasteiger partial charge in [-0.15, -0.1) is 0 Å². The summed E-state index contributed by atoms with van der Waals surface area (Å²) >= 11 is 6.29. The van der Waals surface area contributed by atoms with Crippen molar-refractivity contribution < 1.29 is 27.6 Å². The number of hydrogen-bond acceptors (Lipinski definition) is 11. The first-order valence-corrected chi connectivity index (χ1v) is 25.2. The van der Waals surface area contributed by atoms with E-state index in [1.165, 1.54) is 28.8 Å². The van der Waals surface area contributed by atoms with E-state index in [1.54, 1.807) is 24.3 Å². The van der Waals surface area contributed by atoms with Gasteiger partial charge in [0.05, 0.1) is 15.4 Å². The lowest BCUT2D eigenvalue weighted by atomic mass is 9.84. The maximum absolute atomic E-state index is 15.1. The van der Waals surface area contributed by atoms with Crippen LogP contribution in [0.5, 0.6) is 11.5 Å². The number of aromatic amines is 1. The van der Waals surface area contributed by atoms with Crippen LogP contribution in [0.15, 0.2) is 120 Å². The number of piperidine rings is 1. The summed E-state index contributed by atoms with van der Waals surface area (Å²) in [4.78, 5) is 34.7. The summed E-state index contributed by atoms with van der Waals surface area (Å²) < 4.78 is 42.9. The van der Waals surface area contributed by atoms with Crippen molar-refractivity contribution in [1.29, 1.82) is 0 Å². The molecule has 6 aromatic rings. The molecule has 356 valence electrons. The van der Waals surface area contributed by atoms with E-state index in [9.17, 15) is 10.1 Å². The molecule has 5 aromatic carbocycles. The minimum atomic E-state index is -4.75. The Balaban J connectivity index is 0.998. The highest BCUT2D eigenvalue weighted by Gasteiger charge is 2.40. The summed E-state index contributed by atoms with van der Waals surface area (Å²) in [5, 5.41) is 19.2. The molecular weight excluding hydrogens is 902 g/mol. The lowest BCUT2D eigenvalue weighted by molar-refractivity contribution is -0.384. The molecule has 3 aliphatic heterocycles. The van der Waals surface area contributed by atoms with E-state index in [-0.39, 0.29) is 52.1 Å². The molecular formula is C52H58ClN7O7S. The number of piperazine rings is 1.